The second-order valence-electron chi connectivity index (χ2n) is 3.15. The predicted octanol–water partition coefficient (Wildman–Crippen LogP) is 1.80. The average Bonchev–Trinajstić information content (AvgIpc) is 2.48. The molecule has 1 aliphatic rings. The highest BCUT2D eigenvalue weighted by molar-refractivity contribution is 7.80. The fourth-order valence-corrected chi connectivity index (χ4v) is 1.42. The van der Waals surface area contributed by atoms with E-state index < -0.39 is 0 Å². The minimum absolute atomic E-state index is 0.196. The van der Waals surface area contributed by atoms with Crippen molar-refractivity contribution in [3.05, 3.63) is 41.7 Å². The maximum Gasteiger partial charge on any atom is 0.296 e. The summed E-state index contributed by atoms with van der Waals surface area (Å²) in [6.07, 6.45) is 1.68. The first-order chi connectivity index (χ1) is 7.18. The van der Waals surface area contributed by atoms with Crippen LogP contribution in [0, 0.1) is 0 Å². The van der Waals surface area contributed by atoms with E-state index in [4.69, 9.17) is 17.0 Å². The van der Waals surface area contributed by atoms with Crippen LogP contribution in [0.1, 0.15) is 5.56 Å². The van der Waals surface area contributed by atoms with E-state index in [0.29, 0.717) is 0 Å². The Bertz CT molecular complexity index is 439. The van der Waals surface area contributed by atoms with Gasteiger partial charge < -0.3 is 4.74 Å². The Kier molecular flexibility index (Phi) is 2.51. The first kappa shape index (κ1) is 9.86. The van der Waals surface area contributed by atoms with Gasteiger partial charge in [0.2, 0.25) is 0 Å². The van der Waals surface area contributed by atoms with Crippen molar-refractivity contribution in [2.45, 2.75) is 0 Å². The van der Waals surface area contributed by atoms with Crippen LogP contribution in [0.5, 0.6) is 0 Å². The van der Waals surface area contributed by atoms with Gasteiger partial charge >= 0.3 is 0 Å². The Morgan fingerprint density at radius 3 is 2.53 bits per heavy atom. The molecule has 0 saturated carbocycles. The van der Waals surface area contributed by atoms with Crippen molar-refractivity contribution in [3.63, 3.8) is 0 Å². The van der Waals surface area contributed by atoms with Crippen molar-refractivity contribution < 1.29 is 9.53 Å². The third-order valence-electron chi connectivity index (χ3n) is 2.08. The van der Waals surface area contributed by atoms with E-state index in [-0.39, 0.29) is 16.8 Å². The fourth-order valence-electron chi connectivity index (χ4n) is 1.25. The monoisotopic (exact) mass is 219 g/mol. The number of benzene rings is 1. The Hall–Kier alpha value is -1.68. The molecule has 0 aromatic heterocycles. The highest BCUT2D eigenvalue weighted by Gasteiger charge is 2.29. The molecule has 1 aromatic rings. The molecule has 15 heavy (non-hydrogen) atoms. The summed E-state index contributed by atoms with van der Waals surface area (Å²) in [7, 11) is 1.59. The first-order valence-electron chi connectivity index (χ1n) is 4.45. The van der Waals surface area contributed by atoms with E-state index in [1.54, 1.807) is 13.1 Å². The van der Waals surface area contributed by atoms with Gasteiger partial charge in [-0.05, 0) is 23.9 Å². The number of carbonyl (C=O) groups is 1. The lowest BCUT2D eigenvalue weighted by Gasteiger charge is -1.99. The largest absolute Gasteiger partial charge is 0.426 e. The molecule has 1 heterocycles. The van der Waals surface area contributed by atoms with Crippen LogP contribution in [0.3, 0.4) is 0 Å². The van der Waals surface area contributed by atoms with Crippen LogP contribution in [-0.4, -0.2) is 23.0 Å². The number of nitrogens with zero attached hydrogens (tertiary/aromatic N) is 1. The minimum atomic E-state index is -0.205. The van der Waals surface area contributed by atoms with E-state index in [9.17, 15) is 4.79 Å². The number of likely N-dealkylation sites (N-methyl/N-ethyl adjacent to an activating group) is 1. The molecule has 1 aliphatic heterocycles. The second-order valence-corrected chi connectivity index (χ2v) is 3.50. The Balaban J connectivity index is 2.30. The quantitative estimate of drug-likeness (QED) is 0.533. The van der Waals surface area contributed by atoms with Gasteiger partial charge in [0.1, 0.15) is 0 Å². The highest BCUT2D eigenvalue weighted by atomic mass is 32.1. The molecule has 0 radical (unpaired) electrons. The summed E-state index contributed by atoms with van der Waals surface area (Å²) >= 11 is 4.85. The summed E-state index contributed by atoms with van der Waals surface area (Å²) in [5.41, 5.74) is 0.916. The molecule has 1 fully saturated rings. The minimum Gasteiger partial charge on any atom is -0.426 e. The molecule has 0 bridgehead atoms. The number of carbonyl (C=O) groups excluding carboxylic acids is 1. The molecule has 3 nitrogen and oxygen atoms in total. The maximum absolute atomic E-state index is 11.6. The zero-order valence-electron chi connectivity index (χ0n) is 8.14. The van der Waals surface area contributed by atoms with Crippen molar-refractivity contribution in [1.29, 1.82) is 0 Å². The van der Waals surface area contributed by atoms with Crippen molar-refractivity contribution in [3.8, 4) is 0 Å². The number of amides is 1. The van der Waals surface area contributed by atoms with Gasteiger partial charge in [-0.15, -0.1) is 0 Å². The summed E-state index contributed by atoms with van der Waals surface area (Å²) in [5, 5.41) is 0.196. The van der Waals surface area contributed by atoms with E-state index in [2.05, 4.69) is 0 Å². The third-order valence-corrected chi connectivity index (χ3v) is 2.44. The van der Waals surface area contributed by atoms with Crippen LogP contribution in [0.25, 0.3) is 6.08 Å². The van der Waals surface area contributed by atoms with Crippen molar-refractivity contribution in [1.82, 2.24) is 4.90 Å². The predicted molar refractivity (Wildman–Crippen MR) is 60.9 cm³/mol. The van der Waals surface area contributed by atoms with Crippen molar-refractivity contribution in [2.24, 2.45) is 0 Å². The smallest absolute Gasteiger partial charge is 0.296 e. The zero-order valence-corrected chi connectivity index (χ0v) is 8.95. The number of ether oxygens (including phenoxy) is 1. The molecule has 0 N–H and O–H groups in total. The lowest BCUT2D eigenvalue weighted by atomic mass is 10.2. The van der Waals surface area contributed by atoms with Crippen molar-refractivity contribution in [2.75, 3.05) is 7.05 Å². The van der Waals surface area contributed by atoms with Crippen LogP contribution >= 0.6 is 12.2 Å². The Morgan fingerprint density at radius 2 is 2.00 bits per heavy atom. The van der Waals surface area contributed by atoms with E-state index >= 15 is 0 Å². The number of hydrogen-bond donors (Lipinski definition) is 0. The standard InChI is InChI=1S/C11H9NO2S/c1-12-10(13)9(14-11(12)15)7-8-5-3-2-4-6-8/h2-7H,1H3. The Labute approximate surface area is 93.0 Å². The SMILES string of the molecule is CN1C(=O)C(=Cc2ccccc2)OC1=S. The van der Waals surface area contributed by atoms with E-state index in [1.807, 2.05) is 30.3 Å². The van der Waals surface area contributed by atoms with Gasteiger partial charge in [-0.2, -0.15) is 0 Å². The van der Waals surface area contributed by atoms with E-state index in [1.165, 1.54) is 4.90 Å². The first-order valence-corrected chi connectivity index (χ1v) is 4.86. The van der Waals surface area contributed by atoms with Crippen molar-refractivity contribution >= 4 is 29.4 Å². The number of rotatable bonds is 1. The summed E-state index contributed by atoms with van der Waals surface area (Å²) in [6, 6.07) is 9.49. The summed E-state index contributed by atoms with van der Waals surface area (Å²) in [6.45, 7) is 0. The van der Waals surface area contributed by atoms with E-state index in [0.717, 1.165) is 5.56 Å². The van der Waals surface area contributed by atoms with Crippen LogP contribution in [0.2, 0.25) is 0 Å². The topological polar surface area (TPSA) is 29.5 Å². The van der Waals surface area contributed by atoms with Gasteiger partial charge in [0.25, 0.3) is 11.1 Å². The highest BCUT2D eigenvalue weighted by Crippen LogP contribution is 2.17. The van der Waals surface area contributed by atoms with Gasteiger partial charge in [-0.3, -0.25) is 9.69 Å². The lowest BCUT2D eigenvalue weighted by Crippen LogP contribution is -2.22. The summed E-state index contributed by atoms with van der Waals surface area (Å²) < 4.78 is 5.16. The molecule has 1 saturated heterocycles. The number of hydrogen-bond acceptors (Lipinski definition) is 3. The Morgan fingerprint density at radius 1 is 1.33 bits per heavy atom. The summed E-state index contributed by atoms with van der Waals surface area (Å²) in [5.74, 6) is 0.0672. The molecule has 4 heteroatoms. The van der Waals surface area contributed by atoms with Crippen LogP contribution in [0.4, 0.5) is 0 Å². The van der Waals surface area contributed by atoms with Gasteiger partial charge in [-0.25, -0.2) is 0 Å². The van der Waals surface area contributed by atoms with Crippen LogP contribution in [0.15, 0.2) is 36.1 Å². The van der Waals surface area contributed by atoms with Crippen LogP contribution in [-0.2, 0) is 9.53 Å². The molecule has 76 valence electrons. The molecular formula is C11H9NO2S. The molecule has 0 spiro atoms. The molecule has 0 aliphatic carbocycles. The average molecular weight is 219 g/mol. The summed E-state index contributed by atoms with van der Waals surface area (Å²) in [4.78, 5) is 12.9. The lowest BCUT2D eigenvalue weighted by molar-refractivity contribution is -0.122. The maximum atomic E-state index is 11.6. The number of thiocarbonyl (C=S) groups is 1. The second kappa shape index (κ2) is 3.82. The van der Waals surface area contributed by atoms with Gasteiger partial charge in [0.15, 0.2) is 5.76 Å². The molecule has 2 rings (SSSR count). The fraction of sp³-hybridized carbons (Fsp3) is 0.0909. The normalized spacial score (nSPS) is 18.5. The van der Waals surface area contributed by atoms with Gasteiger partial charge in [-0.1, -0.05) is 30.3 Å². The molecule has 1 aromatic carbocycles. The van der Waals surface area contributed by atoms with Gasteiger partial charge in [0.05, 0.1) is 0 Å². The van der Waals surface area contributed by atoms with Crippen LogP contribution < -0.4 is 0 Å². The van der Waals surface area contributed by atoms with Gasteiger partial charge in [0, 0.05) is 7.05 Å². The molecule has 0 unspecified atom stereocenters. The molecule has 1 amide bonds. The third kappa shape index (κ3) is 1.89. The molecule has 0 atom stereocenters. The zero-order chi connectivity index (χ0) is 10.8. The molecular weight excluding hydrogens is 210 g/mol.